The average molecular weight is 753 g/mol. The lowest BCUT2D eigenvalue weighted by Crippen LogP contribution is -2.62. The maximum atomic E-state index is 14.4. The molecule has 6 rings (SSSR count). The number of alkyl halides is 2. The van der Waals surface area contributed by atoms with Crippen molar-refractivity contribution in [2.75, 3.05) is 32.8 Å². The Labute approximate surface area is 295 Å². The van der Waals surface area contributed by atoms with Gasteiger partial charge in [0.2, 0.25) is 17.7 Å². The molecule has 3 aromatic rings. The van der Waals surface area contributed by atoms with Gasteiger partial charge in [0.1, 0.15) is 17.7 Å². The number of nitrogens with one attached hydrogen (secondary N) is 1. The number of carbonyl (C=O) groups excluding carboxylic acids is 4. The molecule has 3 aliphatic rings. The molecule has 3 N–H and O–H groups in total. The molecule has 268 valence electrons. The van der Waals surface area contributed by atoms with Crippen LogP contribution in [0.4, 0.5) is 8.78 Å². The first kappa shape index (κ1) is 36.3. The van der Waals surface area contributed by atoms with Crippen molar-refractivity contribution in [3.63, 3.8) is 0 Å². The summed E-state index contributed by atoms with van der Waals surface area (Å²) in [6.45, 7) is 4.31. The molecule has 50 heavy (non-hydrogen) atoms. The Morgan fingerprint density at radius 2 is 1.78 bits per heavy atom. The molecular formula is C33H36ClF2N4O8PS. The van der Waals surface area contributed by atoms with Crippen LogP contribution in [0, 0.1) is 0 Å². The molecule has 0 radical (unpaired) electrons. The van der Waals surface area contributed by atoms with E-state index >= 15 is 0 Å². The van der Waals surface area contributed by atoms with Crippen LogP contribution in [0.25, 0.3) is 10.1 Å². The number of nitrogens with zero attached hydrogens (tertiary/aromatic N) is 3. The Morgan fingerprint density at radius 3 is 2.46 bits per heavy atom. The molecular weight excluding hydrogens is 717 g/mol. The van der Waals surface area contributed by atoms with Gasteiger partial charge in [0.15, 0.2) is 0 Å². The van der Waals surface area contributed by atoms with E-state index in [9.17, 15) is 32.5 Å². The SMILES string of the molecule is CC(=O)N1CC[C@H]2CC[C@@H](C(=O)N3CCOC(C)(c4ccc(Cl)cc4)C3)N2C(=O)[C@@H](NC(=O)c2cc3cc(C(F)(F)P(=O)(O)O)ccc3s2)C1. The highest BCUT2D eigenvalue weighted by Crippen LogP contribution is 2.59. The van der Waals surface area contributed by atoms with E-state index in [1.54, 1.807) is 21.9 Å². The lowest BCUT2D eigenvalue weighted by molar-refractivity contribution is -0.159. The number of ether oxygens (including phenoxy) is 1. The van der Waals surface area contributed by atoms with Crippen molar-refractivity contribution in [3.05, 3.63) is 69.6 Å². The monoisotopic (exact) mass is 752 g/mol. The third-order valence-electron chi connectivity index (χ3n) is 9.72. The van der Waals surface area contributed by atoms with Gasteiger partial charge in [0.05, 0.1) is 18.0 Å². The van der Waals surface area contributed by atoms with E-state index in [0.717, 1.165) is 29.0 Å². The molecule has 3 fully saturated rings. The molecule has 0 saturated carbocycles. The molecule has 0 aliphatic carbocycles. The van der Waals surface area contributed by atoms with Gasteiger partial charge in [-0.3, -0.25) is 23.7 Å². The van der Waals surface area contributed by atoms with Crippen LogP contribution in [-0.2, 0) is 35.0 Å². The van der Waals surface area contributed by atoms with Crippen molar-refractivity contribution in [1.82, 2.24) is 20.0 Å². The van der Waals surface area contributed by atoms with Gasteiger partial charge in [-0.05, 0) is 67.5 Å². The van der Waals surface area contributed by atoms with Gasteiger partial charge in [0.25, 0.3) is 5.91 Å². The minimum Gasteiger partial charge on any atom is -0.367 e. The van der Waals surface area contributed by atoms with E-state index in [0.29, 0.717) is 42.1 Å². The zero-order chi connectivity index (χ0) is 36.2. The minimum atomic E-state index is -5.81. The number of carbonyl (C=O) groups is 4. The lowest BCUT2D eigenvalue weighted by Gasteiger charge is -2.43. The molecule has 0 spiro atoms. The summed E-state index contributed by atoms with van der Waals surface area (Å²) < 4.78 is 46.7. The number of halogens is 3. The number of benzene rings is 2. The van der Waals surface area contributed by atoms with Crippen LogP contribution in [0.1, 0.15) is 53.9 Å². The van der Waals surface area contributed by atoms with Crippen LogP contribution in [0.2, 0.25) is 5.02 Å². The van der Waals surface area contributed by atoms with Crippen LogP contribution in [-0.4, -0.2) is 99.0 Å². The molecule has 1 aromatic heterocycles. The second-order valence-corrected chi connectivity index (χ2v) is 16.2. The predicted molar refractivity (Wildman–Crippen MR) is 181 cm³/mol. The summed E-state index contributed by atoms with van der Waals surface area (Å²) in [5.41, 5.74) is -5.28. The van der Waals surface area contributed by atoms with Gasteiger partial charge < -0.3 is 34.5 Å². The van der Waals surface area contributed by atoms with Crippen molar-refractivity contribution in [1.29, 1.82) is 0 Å². The molecule has 1 unspecified atom stereocenters. The summed E-state index contributed by atoms with van der Waals surface area (Å²) in [5.74, 6) is -1.73. The van der Waals surface area contributed by atoms with Crippen molar-refractivity contribution in [2.45, 2.75) is 62.5 Å². The number of rotatable bonds is 6. The first-order valence-electron chi connectivity index (χ1n) is 16.0. The Kier molecular flexibility index (Phi) is 9.87. The molecule has 3 aliphatic heterocycles. The Morgan fingerprint density at radius 1 is 1.06 bits per heavy atom. The van der Waals surface area contributed by atoms with Gasteiger partial charge in [0, 0.05) is 47.9 Å². The summed E-state index contributed by atoms with van der Waals surface area (Å²) in [5, 5.41) is 3.44. The second-order valence-electron chi connectivity index (χ2n) is 13.1. The first-order valence-corrected chi connectivity index (χ1v) is 18.8. The van der Waals surface area contributed by atoms with Crippen LogP contribution in [0.15, 0.2) is 48.5 Å². The average Bonchev–Trinajstić information content (AvgIpc) is 3.68. The topological polar surface area (TPSA) is 157 Å². The van der Waals surface area contributed by atoms with Crippen molar-refractivity contribution in [3.8, 4) is 0 Å². The van der Waals surface area contributed by atoms with E-state index in [1.807, 2.05) is 19.1 Å². The lowest BCUT2D eigenvalue weighted by atomic mass is 9.93. The predicted octanol–water partition coefficient (Wildman–Crippen LogP) is 4.27. The fourth-order valence-corrected chi connectivity index (χ4v) is 8.54. The van der Waals surface area contributed by atoms with E-state index in [4.69, 9.17) is 26.1 Å². The van der Waals surface area contributed by atoms with Crippen molar-refractivity contribution >= 4 is 64.2 Å². The van der Waals surface area contributed by atoms with E-state index in [1.165, 1.54) is 24.0 Å². The van der Waals surface area contributed by atoms with Crippen LogP contribution in [0.5, 0.6) is 0 Å². The van der Waals surface area contributed by atoms with Gasteiger partial charge in [-0.15, -0.1) is 11.3 Å². The summed E-state index contributed by atoms with van der Waals surface area (Å²) in [4.78, 5) is 77.7. The highest BCUT2D eigenvalue weighted by Gasteiger charge is 2.51. The maximum Gasteiger partial charge on any atom is 0.399 e. The van der Waals surface area contributed by atoms with Crippen LogP contribution < -0.4 is 5.32 Å². The Bertz CT molecular complexity index is 1890. The molecule has 17 heteroatoms. The third-order valence-corrected chi connectivity index (χ3v) is 12.1. The first-order chi connectivity index (χ1) is 23.5. The second kappa shape index (κ2) is 13.6. The fraction of sp³-hybridized carbons (Fsp3) is 0.455. The fourth-order valence-electron chi connectivity index (χ4n) is 7.00. The number of thiophene rings is 1. The molecule has 0 bridgehead atoms. The highest BCUT2D eigenvalue weighted by atomic mass is 35.5. The normalized spacial score (nSPS) is 24.9. The van der Waals surface area contributed by atoms with Crippen molar-refractivity contribution < 1.29 is 47.0 Å². The molecule has 4 atom stereocenters. The summed E-state index contributed by atoms with van der Waals surface area (Å²) in [6.07, 6.45) is 1.40. The number of hydrogen-bond acceptors (Lipinski definition) is 7. The standard InChI is InChI=1S/C33H36ClF2N4O8PS/c1-19(41)38-12-11-24-8-9-26(31(44)39-13-14-48-32(2,18-39)21-3-6-23(34)7-4-21)40(24)30(43)25(17-38)37-29(42)28-16-20-15-22(5-10-27(20)50-28)33(35,36)49(45,46)47/h3-7,10,15-16,24-26H,8-9,11-14,17-18H2,1-2H3,(H,37,42)(H2,45,46,47)/t24-,25+,26+,32?/m1/s1. The summed E-state index contributed by atoms with van der Waals surface area (Å²) >= 11 is 7.03. The Balaban J connectivity index is 1.24. The van der Waals surface area contributed by atoms with Crippen molar-refractivity contribution in [2.24, 2.45) is 0 Å². The summed E-state index contributed by atoms with van der Waals surface area (Å²) in [7, 11) is -5.81. The highest BCUT2D eigenvalue weighted by molar-refractivity contribution is 7.52. The van der Waals surface area contributed by atoms with Gasteiger partial charge in [-0.2, -0.15) is 8.78 Å². The summed E-state index contributed by atoms with van der Waals surface area (Å²) in [6, 6.07) is 9.20. The zero-order valence-corrected chi connectivity index (χ0v) is 29.6. The minimum absolute atomic E-state index is 0.0567. The number of amides is 4. The Hall–Kier alpha value is -3.46. The quantitative estimate of drug-likeness (QED) is 0.316. The maximum absolute atomic E-state index is 14.4. The molecule has 2 aromatic carbocycles. The van der Waals surface area contributed by atoms with E-state index < -0.39 is 48.3 Å². The number of fused-ring (bicyclic) bond motifs is 2. The van der Waals surface area contributed by atoms with Crippen LogP contribution in [0.3, 0.4) is 0 Å². The molecule has 4 amide bonds. The molecule has 3 saturated heterocycles. The smallest absolute Gasteiger partial charge is 0.367 e. The van der Waals surface area contributed by atoms with Gasteiger partial charge in [-0.25, -0.2) is 0 Å². The van der Waals surface area contributed by atoms with E-state index in [2.05, 4.69) is 5.32 Å². The number of hydrogen-bond donors (Lipinski definition) is 3. The van der Waals surface area contributed by atoms with Gasteiger partial charge in [-0.1, -0.05) is 29.8 Å². The zero-order valence-electron chi connectivity index (χ0n) is 27.2. The largest absolute Gasteiger partial charge is 0.399 e. The number of morpholine rings is 1. The van der Waals surface area contributed by atoms with E-state index in [-0.39, 0.29) is 47.8 Å². The molecule has 12 nitrogen and oxygen atoms in total. The molecule has 4 heterocycles. The van der Waals surface area contributed by atoms with Gasteiger partial charge >= 0.3 is 13.3 Å². The third kappa shape index (κ3) is 6.91. The van der Waals surface area contributed by atoms with Crippen LogP contribution >= 0.6 is 30.5 Å².